The lowest BCUT2D eigenvalue weighted by Crippen LogP contribution is -2.28. The molecule has 0 unspecified atom stereocenters. The van der Waals surface area contributed by atoms with Gasteiger partial charge in [-0.15, -0.1) is 5.10 Å². The first-order valence-corrected chi connectivity index (χ1v) is 8.04. The summed E-state index contributed by atoms with van der Waals surface area (Å²) in [5.74, 6) is 0.00160. The fourth-order valence-electron chi connectivity index (χ4n) is 2.56. The predicted octanol–water partition coefficient (Wildman–Crippen LogP) is 1.80. The molecule has 0 aliphatic heterocycles. The van der Waals surface area contributed by atoms with Gasteiger partial charge in [0, 0.05) is 5.92 Å². The van der Waals surface area contributed by atoms with Crippen LogP contribution in [0.25, 0.3) is 11.1 Å². The van der Waals surface area contributed by atoms with Crippen molar-refractivity contribution in [2.45, 2.75) is 25.8 Å². The molecular weight excluding hydrogens is 324 g/mol. The van der Waals surface area contributed by atoms with Gasteiger partial charge in [-0.3, -0.25) is 14.9 Å². The van der Waals surface area contributed by atoms with Gasteiger partial charge < -0.3 is 9.73 Å². The fourth-order valence-corrected chi connectivity index (χ4v) is 2.56. The largest absolute Gasteiger partial charge is 0.423 e. The molecule has 1 aliphatic carbocycles. The number of anilines is 2. The summed E-state index contributed by atoms with van der Waals surface area (Å²) in [5, 5.41) is 13.0. The summed E-state index contributed by atoms with van der Waals surface area (Å²) in [7, 11) is 0. The number of nitrogens with one attached hydrogen (secondary N) is 2. The molecular formula is C16H16N6O3. The quantitative estimate of drug-likeness (QED) is 0.732. The van der Waals surface area contributed by atoms with E-state index in [2.05, 4.69) is 25.9 Å². The van der Waals surface area contributed by atoms with Crippen LogP contribution in [0.4, 0.5) is 11.8 Å². The highest BCUT2D eigenvalue weighted by molar-refractivity contribution is 5.92. The number of benzene rings is 1. The molecule has 9 heteroatoms. The summed E-state index contributed by atoms with van der Waals surface area (Å²) in [6, 6.07) is 7.36. The molecule has 4 rings (SSSR count). The molecule has 0 saturated heterocycles. The molecule has 0 radical (unpaired) electrons. The lowest BCUT2D eigenvalue weighted by atomic mass is 9.85. The molecule has 2 heterocycles. The van der Waals surface area contributed by atoms with Crippen molar-refractivity contribution < 1.29 is 14.0 Å². The lowest BCUT2D eigenvalue weighted by molar-refractivity contribution is -0.122. The third-order valence-corrected chi connectivity index (χ3v) is 4.11. The van der Waals surface area contributed by atoms with Crippen molar-refractivity contribution in [1.29, 1.82) is 0 Å². The van der Waals surface area contributed by atoms with Crippen molar-refractivity contribution in [2.75, 3.05) is 10.6 Å². The Morgan fingerprint density at radius 1 is 1.24 bits per heavy atom. The van der Waals surface area contributed by atoms with E-state index in [1.807, 2.05) is 12.1 Å². The zero-order valence-corrected chi connectivity index (χ0v) is 13.3. The van der Waals surface area contributed by atoms with Gasteiger partial charge in [0.05, 0.1) is 6.20 Å². The monoisotopic (exact) mass is 340 g/mol. The average Bonchev–Trinajstić information content (AvgIpc) is 3.11. The molecule has 9 nitrogen and oxygen atoms in total. The highest BCUT2D eigenvalue weighted by Crippen LogP contribution is 2.27. The summed E-state index contributed by atoms with van der Waals surface area (Å²) in [6.07, 6.45) is 4.42. The molecule has 0 bridgehead atoms. The molecule has 0 spiro atoms. The Kier molecular flexibility index (Phi) is 3.88. The first-order valence-electron chi connectivity index (χ1n) is 8.04. The van der Waals surface area contributed by atoms with E-state index in [1.165, 1.54) is 10.9 Å². The number of fused-ring (bicyclic) bond motifs is 1. The molecule has 2 amide bonds. The Balaban J connectivity index is 1.35. The third-order valence-electron chi connectivity index (χ3n) is 4.11. The molecule has 25 heavy (non-hydrogen) atoms. The first kappa shape index (κ1) is 15.3. The van der Waals surface area contributed by atoms with Gasteiger partial charge in [-0.2, -0.15) is 4.98 Å². The molecule has 1 aromatic carbocycles. The summed E-state index contributed by atoms with van der Waals surface area (Å²) >= 11 is 0. The Morgan fingerprint density at radius 2 is 2.08 bits per heavy atom. The van der Waals surface area contributed by atoms with E-state index in [0.717, 1.165) is 19.3 Å². The highest BCUT2D eigenvalue weighted by Gasteiger charge is 2.25. The van der Waals surface area contributed by atoms with Crippen molar-refractivity contribution >= 4 is 34.7 Å². The van der Waals surface area contributed by atoms with Crippen LogP contribution in [0.3, 0.4) is 0 Å². The topological polar surface area (TPSA) is 115 Å². The van der Waals surface area contributed by atoms with Gasteiger partial charge >= 0.3 is 6.01 Å². The summed E-state index contributed by atoms with van der Waals surface area (Å²) in [6.45, 7) is -0.0645. The van der Waals surface area contributed by atoms with Crippen LogP contribution in [0.15, 0.2) is 34.9 Å². The molecule has 128 valence electrons. The second kappa shape index (κ2) is 6.34. The fraction of sp³-hybridized carbons (Fsp3) is 0.312. The van der Waals surface area contributed by atoms with Crippen LogP contribution in [0.5, 0.6) is 0 Å². The molecule has 0 atom stereocenters. The molecule has 1 saturated carbocycles. The van der Waals surface area contributed by atoms with Gasteiger partial charge in [0.15, 0.2) is 11.4 Å². The van der Waals surface area contributed by atoms with E-state index < -0.39 is 0 Å². The molecule has 2 N–H and O–H groups in total. The number of hydrogen-bond donors (Lipinski definition) is 2. The van der Waals surface area contributed by atoms with Crippen molar-refractivity contribution in [3.8, 4) is 0 Å². The molecule has 3 aromatic rings. The Bertz CT molecular complexity index is 894. The third kappa shape index (κ3) is 3.35. The van der Waals surface area contributed by atoms with E-state index >= 15 is 0 Å². The standard InChI is InChI=1S/C16H16N6O3/c23-14(19-16-17-11-6-1-2-7-12(11)25-16)9-22-8-13(20-21-22)18-15(24)10-4-3-5-10/h1-2,6-8,10H,3-5,9H2,(H,18,24)(H,17,19,23). The Morgan fingerprint density at radius 3 is 2.84 bits per heavy atom. The van der Waals surface area contributed by atoms with E-state index in [1.54, 1.807) is 12.1 Å². The maximum Gasteiger partial charge on any atom is 0.302 e. The second-order valence-corrected chi connectivity index (χ2v) is 5.95. The minimum Gasteiger partial charge on any atom is -0.423 e. The van der Waals surface area contributed by atoms with Gasteiger partial charge in [-0.1, -0.05) is 23.8 Å². The molecule has 1 aliphatic rings. The number of rotatable bonds is 5. The maximum absolute atomic E-state index is 12.1. The van der Waals surface area contributed by atoms with Crippen molar-refractivity contribution in [3.05, 3.63) is 30.5 Å². The summed E-state index contributed by atoms with van der Waals surface area (Å²) in [4.78, 5) is 28.1. The first-order chi connectivity index (χ1) is 12.2. The van der Waals surface area contributed by atoms with E-state index in [9.17, 15) is 9.59 Å². The van der Waals surface area contributed by atoms with E-state index in [0.29, 0.717) is 16.9 Å². The maximum atomic E-state index is 12.1. The zero-order valence-electron chi connectivity index (χ0n) is 13.3. The molecule has 1 fully saturated rings. The van der Waals surface area contributed by atoms with Crippen LogP contribution >= 0.6 is 0 Å². The highest BCUT2D eigenvalue weighted by atomic mass is 16.4. The van der Waals surface area contributed by atoms with Gasteiger partial charge in [0.1, 0.15) is 12.1 Å². The lowest BCUT2D eigenvalue weighted by Gasteiger charge is -2.23. The van der Waals surface area contributed by atoms with Gasteiger partial charge in [0.2, 0.25) is 11.8 Å². The molecule has 2 aromatic heterocycles. The zero-order chi connectivity index (χ0) is 17.2. The van der Waals surface area contributed by atoms with Crippen LogP contribution in [0.1, 0.15) is 19.3 Å². The number of para-hydroxylation sites is 2. The summed E-state index contributed by atoms with van der Waals surface area (Å²) < 4.78 is 6.78. The van der Waals surface area contributed by atoms with Crippen molar-refractivity contribution in [2.24, 2.45) is 5.92 Å². The Hall–Kier alpha value is -3.23. The van der Waals surface area contributed by atoms with E-state index in [-0.39, 0.29) is 30.3 Å². The van der Waals surface area contributed by atoms with Crippen LogP contribution in [0.2, 0.25) is 0 Å². The normalized spacial score (nSPS) is 14.2. The smallest absolute Gasteiger partial charge is 0.302 e. The van der Waals surface area contributed by atoms with Crippen molar-refractivity contribution in [1.82, 2.24) is 20.0 Å². The van der Waals surface area contributed by atoms with Crippen molar-refractivity contribution in [3.63, 3.8) is 0 Å². The van der Waals surface area contributed by atoms with E-state index in [4.69, 9.17) is 4.42 Å². The van der Waals surface area contributed by atoms with Gasteiger partial charge in [-0.05, 0) is 25.0 Å². The van der Waals surface area contributed by atoms with Crippen LogP contribution in [0, 0.1) is 5.92 Å². The second-order valence-electron chi connectivity index (χ2n) is 5.95. The number of carbonyl (C=O) groups is 2. The van der Waals surface area contributed by atoms with Gasteiger partial charge in [0.25, 0.3) is 0 Å². The number of amides is 2. The van der Waals surface area contributed by atoms with Crippen LogP contribution < -0.4 is 10.6 Å². The number of aromatic nitrogens is 4. The minimum absolute atomic E-state index is 0.0470. The predicted molar refractivity (Wildman–Crippen MR) is 88.6 cm³/mol. The summed E-state index contributed by atoms with van der Waals surface area (Å²) in [5.41, 5.74) is 1.26. The number of nitrogens with zero attached hydrogens (tertiary/aromatic N) is 4. The van der Waals surface area contributed by atoms with Crippen LogP contribution in [-0.4, -0.2) is 31.8 Å². The van der Waals surface area contributed by atoms with Crippen LogP contribution in [-0.2, 0) is 16.1 Å². The minimum atomic E-state index is -0.353. The van der Waals surface area contributed by atoms with Gasteiger partial charge in [-0.25, -0.2) is 4.68 Å². The SMILES string of the molecule is O=C(Cn1cc(NC(=O)C2CCC2)nn1)Nc1nc2ccccc2o1. The number of carbonyl (C=O) groups excluding carboxylic acids is 2. The Labute approximate surface area is 142 Å². The average molecular weight is 340 g/mol. The number of oxazole rings is 1. The number of hydrogen-bond acceptors (Lipinski definition) is 6.